The number of carbonyl (C=O) groups excluding carboxylic acids is 2. The van der Waals surface area contributed by atoms with Crippen LogP contribution in [0.25, 0.3) is 0 Å². The van der Waals surface area contributed by atoms with E-state index in [-0.39, 0.29) is 36.6 Å². The van der Waals surface area contributed by atoms with Crippen LogP contribution < -0.4 is 11.1 Å². The number of halogens is 2. The van der Waals surface area contributed by atoms with E-state index >= 15 is 0 Å². The Hall–Kier alpha value is -2.12. The minimum atomic E-state index is -0.188. The molecule has 8 heteroatoms. The third-order valence-corrected chi connectivity index (χ3v) is 4.63. The lowest BCUT2D eigenvalue weighted by molar-refractivity contribution is 0.0664. The largest absolute Gasteiger partial charge is 0.336 e. The van der Waals surface area contributed by atoms with E-state index in [2.05, 4.69) is 17.3 Å². The van der Waals surface area contributed by atoms with Crippen molar-refractivity contribution in [1.29, 1.82) is 0 Å². The fraction of sp³-hybridized carbons (Fsp3) is 0.300. The fourth-order valence-corrected chi connectivity index (χ4v) is 2.88. The van der Waals surface area contributed by atoms with Crippen molar-refractivity contribution in [2.45, 2.75) is 6.54 Å². The van der Waals surface area contributed by atoms with Crippen LogP contribution in [0.1, 0.15) is 26.3 Å². The maximum Gasteiger partial charge on any atom is 0.255 e. The molecule has 0 spiro atoms. The van der Waals surface area contributed by atoms with E-state index in [1.807, 2.05) is 17.0 Å². The molecule has 0 aromatic heterocycles. The molecule has 0 radical (unpaired) electrons. The number of nitrogens with two attached hydrogens (primary N) is 1. The Labute approximate surface area is 177 Å². The van der Waals surface area contributed by atoms with Crippen molar-refractivity contribution in [2.24, 2.45) is 5.73 Å². The van der Waals surface area contributed by atoms with Crippen molar-refractivity contribution in [3.05, 3.63) is 65.2 Å². The molecule has 0 aliphatic carbocycles. The highest BCUT2D eigenvalue weighted by Crippen LogP contribution is 2.14. The molecular formula is C20H26Cl2N4O2. The highest BCUT2D eigenvalue weighted by Gasteiger charge is 2.20. The smallest absolute Gasteiger partial charge is 0.255 e. The summed E-state index contributed by atoms with van der Waals surface area (Å²) < 4.78 is 0. The van der Waals surface area contributed by atoms with Crippen LogP contribution in [0.5, 0.6) is 0 Å². The van der Waals surface area contributed by atoms with Gasteiger partial charge in [0.2, 0.25) is 0 Å². The van der Waals surface area contributed by atoms with Crippen LogP contribution in [0, 0.1) is 0 Å². The quantitative estimate of drug-likeness (QED) is 0.790. The van der Waals surface area contributed by atoms with Crippen LogP contribution in [0.4, 0.5) is 5.69 Å². The average Bonchev–Trinajstić information content (AvgIpc) is 2.68. The molecule has 152 valence electrons. The molecule has 0 unspecified atom stereocenters. The van der Waals surface area contributed by atoms with Crippen molar-refractivity contribution in [1.82, 2.24) is 9.80 Å². The van der Waals surface area contributed by atoms with Crippen LogP contribution >= 0.6 is 24.8 Å². The molecule has 0 atom stereocenters. The standard InChI is InChI=1S/C20H24N4O2.2ClH/c1-23-10-12-24(13-11-23)20(26)17-6-8-18(9-7-17)22-19(25)16-4-2-15(14-21)3-5-16;;/h2-9H,10-14,21H2,1H3,(H,22,25);2*1H. The van der Waals surface area contributed by atoms with E-state index in [0.717, 1.165) is 31.7 Å². The number of hydrogen-bond donors (Lipinski definition) is 2. The van der Waals surface area contributed by atoms with Gasteiger partial charge in [-0.05, 0) is 49.0 Å². The van der Waals surface area contributed by atoms with Gasteiger partial charge in [-0.3, -0.25) is 9.59 Å². The molecule has 2 aromatic rings. The molecule has 2 aromatic carbocycles. The number of likely N-dealkylation sites (N-methyl/N-ethyl adjacent to an activating group) is 1. The Morgan fingerprint density at radius 3 is 1.96 bits per heavy atom. The lowest BCUT2D eigenvalue weighted by Gasteiger charge is -2.32. The van der Waals surface area contributed by atoms with Crippen LogP contribution in [0.15, 0.2) is 48.5 Å². The average molecular weight is 425 g/mol. The molecule has 6 nitrogen and oxygen atoms in total. The van der Waals surface area contributed by atoms with Gasteiger partial charge in [0.1, 0.15) is 0 Å². The summed E-state index contributed by atoms with van der Waals surface area (Å²) >= 11 is 0. The van der Waals surface area contributed by atoms with Crippen LogP contribution in [-0.2, 0) is 6.54 Å². The van der Waals surface area contributed by atoms with Gasteiger partial charge in [-0.25, -0.2) is 0 Å². The number of piperazine rings is 1. The molecule has 1 saturated heterocycles. The first-order valence-corrected chi connectivity index (χ1v) is 8.75. The first-order chi connectivity index (χ1) is 12.6. The molecule has 0 saturated carbocycles. The SMILES string of the molecule is CN1CCN(C(=O)c2ccc(NC(=O)c3ccc(CN)cc3)cc2)CC1.Cl.Cl. The Morgan fingerprint density at radius 2 is 1.43 bits per heavy atom. The summed E-state index contributed by atoms with van der Waals surface area (Å²) in [5.74, 6) is -0.153. The fourth-order valence-electron chi connectivity index (χ4n) is 2.88. The number of carbonyl (C=O) groups is 2. The normalized spacial score (nSPS) is 13.9. The van der Waals surface area contributed by atoms with E-state index in [1.165, 1.54) is 0 Å². The zero-order chi connectivity index (χ0) is 18.5. The second kappa shape index (κ2) is 11.0. The van der Waals surface area contributed by atoms with Crippen molar-refractivity contribution < 1.29 is 9.59 Å². The Bertz CT molecular complexity index is 774. The predicted molar refractivity (Wildman–Crippen MR) is 117 cm³/mol. The third kappa shape index (κ3) is 5.94. The lowest BCUT2D eigenvalue weighted by Crippen LogP contribution is -2.47. The van der Waals surface area contributed by atoms with Gasteiger partial charge in [-0.15, -0.1) is 24.8 Å². The number of amides is 2. The van der Waals surface area contributed by atoms with Gasteiger partial charge in [-0.1, -0.05) is 12.1 Å². The van der Waals surface area contributed by atoms with Gasteiger partial charge in [0.15, 0.2) is 0 Å². The summed E-state index contributed by atoms with van der Waals surface area (Å²) in [6, 6.07) is 14.2. The van der Waals surface area contributed by atoms with Gasteiger partial charge in [0.05, 0.1) is 0 Å². The zero-order valence-corrected chi connectivity index (χ0v) is 17.4. The summed E-state index contributed by atoms with van der Waals surface area (Å²) in [6.07, 6.45) is 0. The molecule has 3 N–H and O–H groups in total. The summed E-state index contributed by atoms with van der Waals surface area (Å²) in [7, 11) is 2.06. The first-order valence-electron chi connectivity index (χ1n) is 8.75. The van der Waals surface area contributed by atoms with E-state index in [9.17, 15) is 9.59 Å². The number of hydrogen-bond acceptors (Lipinski definition) is 4. The van der Waals surface area contributed by atoms with Crippen molar-refractivity contribution in [2.75, 3.05) is 38.5 Å². The van der Waals surface area contributed by atoms with Crippen molar-refractivity contribution in [3.63, 3.8) is 0 Å². The molecule has 1 fully saturated rings. The molecule has 1 aliphatic heterocycles. The summed E-state index contributed by atoms with van der Waals surface area (Å²) in [4.78, 5) is 28.9. The predicted octanol–water partition coefficient (Wildman–Crippen LogP) is 2.63. The molecule has 3 rings (SSSR count). The van der Waals surface area contributed by atoms with E-state index in [1.54, 1.807) is 36.4 Å². The van der Waals surface area contributed by atoms with Gasteiger partial charge < -0.3 is 20.9 Å². The number of rotatable bonds is 4. The van der Waals surface area contributed by atoms with Crippen molar-refractivity contribution >= 4 is 42.3 Å². The Kier molecular flexibility index (Phi) is 9.41. The second-order valence-corrected chi connectivity index (χ2v) is 6.53. The summed E-state index contributed by atoms with van der Waals surface area (Å²) in [5.41, 5.74) is 8.41. The third-order valence-electron chi connectivity index (χ3n) is 4.63. The van der Waals surface area contributed by atoms with E-state index in [0.29, 0.717) is 23.4 Å². The molecule has 28 heavy (non-hydrogen) atoms. The highest BCUT2D eigenvalue weighted by molar-refractivity contribution is 6.04. The number of nitrogens with zero attached hydrogens (tertiary/aromatic N) is 2. The van der Waals surface area contributed by atoms with E-state index in [4.69, 9.17) is 5.73 Å². The Balaban J connectivity index is 0.00000196. The minimum absolute atomic E-state index is 0. The zero-order valence-electron chi connectivity index (χ0n) is 15.8. The second-order valence-electron chi connectivity index (χ2n) is 6.53. The number of benzene rings is 2. The van der Waals surface area contributed by atoms with Gasteiger partial charge in [0, 0.05) is 49.5 Å². The molecule has 1 aliphatic rings. The minimum Gasteiger partial charge on any atom is -0.336 e. The van der Waals surface area contributed by atoms with Crippen LogP contribution in [0.3, 0.4) is 0 Å². The summed E-state index contributed by atoms with van der Waals surface area (Å²) in [5, 5.41) is 2.85. The van der Waals surface area contributed by atoms with E-state index < -0.39 is 0 Å². The van der Waals surface area contributed by atoms with Crippen molar-refractivity contribution in [3.8, 4) is 0 Å². The van der Waals surface area contributed by atoms with Gasteiger partial charge >= 0.3 is 0 Å². The number of nitrogens with one attached hydrogen (secondary N) is 1. The monoisotopic (exact) mass is 424 g/mol. The molecule has 2 amide bonds. The topological polar surface area (TPSA) is 78.7 Å². The Morgan fingerprint density at radius 1 is 0.893 bits per heavy atom. The summed E-state index contributed by atoms with van der Waals surface area (Å²) in [6.45, 7) is 3.72. The first kappa shape index (κ1) is 23.9. The lowest BCUT2D eigenvalue weighted by atomic mass is 10.1. The van der Waals surface area contributed by atoms with Crippen LogP contribution in [-0.4, -0.2) is 54.8 Å². The molecule has 1 heterocycles. The van der Waals surface area contributed by atoms with Crippen LogP contribution in [0.2, 0.25) is 0 Å². The molecule has 0 bridgehead atoms. The maximum absolute atomic E-state index is 12.5. The van der Waals surface area contributed by atoms with Gasteiger partial charge in [0.25, 0.3) is 11.8 Å². The highest BCUT2D eigenvalue weighted by atomic mass is 35.5. The number of anilines is 1. The molecular weight excluding hydrogens is 399 g/mol. The van der Waals surface area contributed by atoms with Gasteiger partial charge in [-0.2, -0.15) is 0 Å². The maximum atomic E-state index is 12.5.